The molecular formula is C21H21ClFN3O2. The number of rotatable bonds is 3. The van der Waals surface area contributed by atoms with Gasteiger partial charge < -0.3 is 14.6 Å². The van der Waals surface area contributed by atoms with Crippen LogP contribution < -0.4 is 10.5 Å². The van der Waals surface area contributed by atoms with Crippen LogP contribution in [-0.2, 0) is 6.54 Å². The molecule has 1 atom stereocenters. The van der Waals surface area contributed by atoms with E-state index in [0.717, 1.165) is 12.0 Å². The van der Waals surface area contributed by atoms with Gasteiger partial charge in [-0.3, -0.25) is 4.79 Å². The van der Waals surface area contributed by atoms with E-state index in [2.05, 4.69) is 4.98 Å². The highest BCUT2D eigenvalue weighted by Gasteiger charge is 2.30. The second kappa shape index (κ2) is 7.18. The van der Waals surface area contributed by atoms with Crippen molar-refractivity contribution in [3.05, 3.63) is 69.5 Å². The lowest BCUT2D eigenvalue weighted by atomic mass is 9.94. The summed E-state index contributed by atoms with van der Waals surface area (Å²) >= 11 is 5.94. The van der Waals surface area contributed by atoms with E-state index >= 15 is 4.39 Å². The Kier molecular flexibility index (Phi) is 4.85. The molecule has 28 heavy (non-hydrogen) atoms. The van der Waals surface area contributed by atoms with Crippen molar-refractivity contribution in [2.45, 2.75) is 31.9 Å². The number of pyridine rings is 2. The summed E-state index contributed by atoms with van der Waals surface area (Å²) in [6, 6.07) is 10.9. The summed E-state index contributed by atoms with van der Waals surface area (Å²) in [6.07, 6.45) is 2.97. The first kappa shape index (κ1) is 18.9. The van der Waals surface area contributed by atoms with Gasteiger partial charge in [0.2, 0.25) is 0 Å². The third-order valence-electron chi connectivity index (χ3n) is 5.22. The van der Waals surface area contributed by atoms with Crippen LogP contribution in [0.15, 0.2) is 47.4 Å². The van der Waals surface area contributed by atoms with E-state index in [1.165, 1.54) is 16.8 Å². The second-order valence-corrected chi connectivity index (χ2v) is 7.94. The maximum absolute atomic E-state index is 15.0. The number of fused-ring (bicyclic) bond motifs is 1. The Bertz CT molecular complexity index is 1080. The molecule has 1 fully saturated rings. The van der Waals surface area contributed by atoms with E-state index in [4.69, 9.17) is 11.6 Å². The van der Waals surface area contributed by atoms with Crippen LogP contribution in [0.5, 0.6) is 0 Å². The summed E-state index contributed by atoms with van der Waals surface area (Å²) in [4.78, 5) is 18.9. The molecule has 1 N–H and O–H groups in total. The molecule has 0 aliphatic carbocycles. The molecule has 146 valence electrons. The third-order valence-corrected chi connectivity index (χ3v) is 5.49. The maximum Gasteiger partial charge on any atom is 0.253 e. The molecule has 4 rings (SSSR count). The zero-order valence-corrected chi connectivity index (χ0v) is 16.3. The van der Waals surface area contributed by atoms with Crippen molar-refractivity contribution in [3.8, 4) is 0 Å². The van der Waals surface area contributed by atoms with E-state index in [1.807, 2.05) is 35.2 Å². The minimum absolute atomic E-state index is 0.136. The Morgan fingerprint density at radius 2 is 2.07 bits per heavy atom. The molecule has 1 aliphatic heterocycles. The number of piperidine rings is 1. The van der Waals surface area contributed by atoms with Crippen molar-refractivity contribution in [1.29, 1.82) is 0 Å². The number of benzene rings is 1. The van der Waals surface area contributed by atoms with Gasteiger partial charge in [-0.25, -0.2) is 9.37 Å². The topological polar surface area (TPSA) is 58.4 Å². The van der Waals surface area contributed by atoms with Crippen molar-refractivity contribution in [2.24, 2.45) is 0 Å². The zero-order valence-electron chi connectivity index (χ0n) is 15.5. The number of aromatic nitrogens is 2. The molecule has 0 amide bonds. The van der Waals surface area contributed by atoms with E-state index < -0.39 is 11.4 Å². The number of aliphatic hydroxyl groups is 1. The average Bonchev–Trinajstić information content (AvgIpc) is 2.66. The minimum atomic E-state index is -0.859. The zero-order chi connectivity index (χ0) is 19.9. The van der Waals surface area contributed by atoms with Gasteiger partial charge in [0, 0.05) is 30.7 Å². The lowest BCUT2D eigenvalue weighted by molar-refractivity contribution is 0.0450. The summed E-state index contributed by atoms with van der Waals surface area (Å²) in [5, 5.41) is 10.7. The van der Waals surface area contributed by atoms with Crippen molar-refractivity contribution in [3.63, 3.8) is 0 Å². The Labute approximate surface area is 167 Å². The van der Waals surface area contributed by atoms with Crippen LogP contribution in [0.3, 0.4) is 0 Å². The fourth-order valence-corrected chi connectivity index (χ4v) is 4.04. The van der Waals surface area contributed by atoms with Crippen LogP contribution in [-0.4, -0.2) is 33.3 Å². The first-order valence-corrected chi connectivity index (χ1v) is 9.62. The molecule has 3 heterocycles. The van der Waals surface area contributed by atoms with Gasteiger partial charge in [-0.1, -0.05) is 41.9 Å². The monoisotopic (exact) mass is 401 g/mol. The number of anilines is 1. The first-order valence-electron chi connectivity index (χ1n) is 9.24. The van der Waals surface area contributed by atoms with Crippen molar-refractivity contribution in [2.75, 3.05) is 18.0 Å². The molecule has 0 radical (unpaired) electrons. The van der Waals surface area contributed by atoms with Gasteiger partial charge in [0.25, 0.3) is 5.56 Å². The molecule has 1 saturated heterocycles. The molecular weight excluding hydrogens is 381 g/mol. The Morgan fingerprint density at radius 1 is 1.32 bits per heavy atom. The molecule has 0 spiro atoms. The fraction of sp³-hybridized carbons (Fsp3) is 0.333. The van der Waals surface area contributed by atoms with E-state index in [-0.39, 0.29) is 22.8 Å². The van der Waals surface area contributed by atoms with Gasteiger partial charge in [-0.15, -0.1) is 0 Å². The van der Waals surface area contributed by atoms with Crippen LogP contribution >= 0.6 is 11.6 Å². The maximum atomic E-state index is 15.0. The van der Waals surface area contributed by atoms with E-state index in [0.29, 0.717) is 30.6 Å². The number of hydrogen-bond donors (Lipinski definition) is 1. The van der Waals surface area contributed by atoms with Crippen LogP contribution in [0.4, 0.5) is 10.1 Å². The average molecular weight is 402 g/mol. The summed E-state index contributed by atoms with van der Waals surface area (Å²) in [6.45, 7) is 3.05. The molecule has 3 aromatic rings. The molecule has 1 aliphatic rings. The summed E-state index contributed by atoms with van der Waals surface area (Å²) in [5.74, 6) is -0.710. The summed E-state index contributed by atoms with van der Waals surface area (Å²) < 4.78 is 16.4. The SMILES string of the molecule is C[C@@]1(O)CCCN(c2cc(=O)n(Cc3ccccc3)c3c(F)c(Cl)ncc23)C1. The number of halogens is 2. The predicted molar refractivity (Wildman–Crippen MR) is 109 cm³/mol. The van der Waals surface area contributed by atoms with Gasteiger partial charge >= 0.3 is 0 Å². The van der Waals surface area contributed by atoms with Gasteiger partial charge in [0.1, 0.15) is 0 Å². The summed E-state index contributed by atoms with van der Waals surface area (Å²) in [5.41, 5.74) is 0.413. The van der Waals surface area contributed by atoms with Gasteiger partial charge in [-0.05, 0) is 25.3 Å². The Hall–Kier alpha value is -2.44. The lowest BCUT2D eigenvalue weighted by Gasteiger charge is -2.38. The molecule has 7 heteroatoms. The highest BCUT2D eigenvalue weighted by molar-refractivity contribution is 6.30. The standard InChI is InChI=1S/C21H21ClFN3O2/c1-21(28)8-5-9-25(13-21)16-10-17(27)26(12-14-6-3-2-4-7-14)19-15(16)11-24-20(22)18(19)23/h2-4,6-7,10-11,28H,5,8-9,12-13H2,1H3/t21-/m1/s1. The predicted octanol–water partition coefficient (Wildman–Crippen LogP) is 3.59. The number of nitrogens with zero attached hydrogens (tertiary/aromatic N) is 3. The first-order chi connectivity index (χ1) is 13.4. The lowest BCUT2D eigenvalue weighted by Crippen LogP contribution is -2.46. The normalized spacial score (nSPS) is 19.9. The summed E-state index contributed by atoms with van der Waals surface area (Å²) in [7, 11) is 0. The second-order valence-electron chi connectivity index (χ2n) is 7.59. The van der Waals surface area contributed by atoms with Crippen LogP contribution in [0.25, 0.3) is 10.9 Å². The molecule has 0 bridgehead atoms. The van der Waals surface area contributed by atoms with Crippen molar-refractivity contribution < 1.29 is 9.50 Å². The largest absolute Gasteiger partial charge is 0.388 e. The molecule has 5 nitrogen and oxygen atoms in total. The molecule has 0 unspecified atom stereocenters. The third kappa shape index (κ3) is 3.50. The molecule has 0 saturated carbocycles. The van der Waals surface area contributed by atoms with E-state index in [1.54, 1.807) is 6.92 Å². The van der Waals surface area contributed by atoms with Crippen LogP contribution in [0, 0.1) is 5.82 Å². The van der Waals surface area contributed by atoms with Crippen molar-refractivity contribution in [1.82, 2.24) is 9.55 Å². The molecule has 2 aromatic heterocycles. The van der Waals surface area contributed by atoms with Gasteiger partial charge in [-0.2, -0.15) is 0 Å². The van der Waals surface area contributed by atoms with Gasteiger partial charge in [0.15, 0.2) is 11.0 Å². The Morgan fingerprint density at radius 3 is 2.79 bits per heavy atom. The van der Waals surface area contributed by atoms with Crippen molar-refractivity contribution >= 4 is 28.2 Å². The van der Waals surface area contributed by atoms with E-state index in [9.17, 15) is 9.90 Å². The number of hydrogen-bond acceptors (Lipinski definition) is 4. The van der Waals surface area contributed by atoms with Gasteiger partial charge in [0.05, 0.1) is 23.3 Å². The molecule has 1 aromatic carbocycles. The number of β-amino-alcohol motifs (C(OH)–C–C–N with tert-alkyl or cyclic N) is 1. The minimum Gasteiger partial charge on any atom is -0.388 e. The fourth-order valence-electron chi connectivity index (χ4n) is 3.90. The highest BCUT2D eigenvalue weighted by Crippen LogP contribution is 2.32. The quantitative estimate of drug-likeness (QED) is 0.681. The van der Waals surface area contributed by atoms with Crippen LogP contribution in [0.2, 0.25) is 5.15 Å². The highest BCUT2D eigenvalue weighted by atomic mass is 35.5. The van der Waals surface area contributed by atoms with Crippen LogP contribution in [0.1, 0.15) is 25.3 Å². The Balaban J connectivity index is 1.91. The smallest absolute Gasteiger partial charge is 0.253 e.